The Kier molecular flexibility index (Phi) is 10.8. The molecule has 0 spiro atoms. The highest BCUT2D eigenvalue weighted by Gasteiger charge is 2.35. The summed E-state index contributed by atoms with van der Waals surface area (Å²) in [5.74, 6) is 0.0824. The molecule has 1 aromatic carbocycles. The summed E-state index contributed by atoms with van der Waals surface area (Å²) in [6.07, 6.45) is -3.07. The van der Waals surface area contributed by atoms with Crippen molar-refractivity contribution in [3.05, 3.63) is 58.8 Å². The molecule has 0 aliphatic carbocycles. The van der Waals surface area contributed by atoms with Gasteiger partial charge in [-0.3, -0.25) is 10.2 Å². The highest BCUT2D eigenvalue weighted by Crippen LogP contribution is 2.24. The molecule has 3 atom stereocenters. The lowest BCUT2D eigenvalue weighted by atomic mass is 9.86. The molecule has 222 valence electrons. The summed E-state index contributed by atoms with van der Waals surface area (Å²) in [7, 11) is 1.20. The number of hydrogen-bond donors (Lipinski definition) is 5. The van der Waals surface area contributed by atoms with E-state index in [4.69, 9.17) is 9.26 Å². The highest BCUT2D eigenvalue weighted by atomic mass is 32.1. The van der Waals surface area contributed by atoms with Gasteiger partial charge in [0.1, 0.15) is 22.5 Å². The smallest absolute Gasteiger partial charge is 0.407 e. The topological polar surface area (TPSA) is 179 Å². The third-order valence-electron chi connectivity index (χ3n) is 6.08. The number of thiazole rings is 1. The van der Waals surface area contributed by atoms with Gasteiger partial charge in [0.05, 0.1) is 31.5 Å². The Morgan fingerprint density at radius 1 is 1.17 bits per heavy atom. The molecule has 0 bridgehead atoms. The zero-order valence-electron chi connectivity index (χ0n) is 23.6. The summed E-state index contributed by atoms with van der Waals surface area (Å²) in [5, 5.41) is 33.4. The first-order valence-corrected chi connectivity index (χ1v) is 13.7. The van der Waals surface area contributed by atoms with Crippen LogP contribution in [0.5, 0.6) is 0 Å². The van der Waals surface area contributed by atoms with Crippen LogP contribution in [0.25, 0.3) is 10.7 Å². The number of nitrogens with one attached hydrogen (secondary N) is 3. The van der Waals surface area contributed by atoms with E-state index < -0.39 is 41.7 Å². The Balaban J connectivity index is 1.85. The van der Waals surface area contributed by atoms with E-state index in [-0.39, 0.29) is 19.5 Å². The molecule has 0 aliphatic rings. The number of nitrogens with zero attached hydrogens (tertiary/aromatic N) is 3. The maximum atomic E-state index is 13.4. The number of methoxy groups -OCH3 is 1. The number of ether oxygens (including phenoxy) is 1. The minimum Gasteiger partial charge on any atom is -0.465 e. The summed E-state index contributed by atoms with van der Waals surface area (Å²) in [5.41, 5.74) is 4.04. The number of aliphatic hydroxyl groups excluding tert-OH is 1. The predicted molar refractivity (Wildman–Crippen MR) is 151 cm³/mol. The number of hydrazine groups is 1. The van der Waals surface area contributed by atoms with E-state index in [0.29, 0.717) is 22.2 Å². The minimum absolute atomic E-state index is 0.0658. The largest absolute Gasteiger partial charge is 0.465 e. The number of carboxylic acid groups (broad SMARTS) is 1. The Labute approximate surface area is 241 Å². The number of amides is 3. The SMILES string of the molecule is COC(=O)N[C@H](C(=O)NN(Cc1csc(-c2cc(C)on2)n1)C[C@@H](O)[C@H](Cc1ccccc1)NC(=O)O)C(C)(C)C. The van der Waals surface area contributed by atoms with Crippen LogP contribution in [-0.4, -0.2) is 75.3 Å². The quantitative estimate of drug-likeness (QED) is 0.198. The van der Waals surface area contributed by atoms with Crippen molar-refractivity contribution in [2.75, 3.05) is 13.7 Å². The van der Waals surface area contributed by atoms with Crippen LogP contribution in [0.15, 0.2) is 46.3 Å². The third-order valence-corrected chi connectivity index (χ3v) is 6.99. The van der Waals surface area contributed by atoms with Gasteiger partial charge in [0, 0.05) is 18.0 Å². The lowest BCUT2D eigenvalue weighted by molar-refractivity contribution is -0.131. The second-order valence-electron chi connectivity index (χ2n) is 10.6. The molecule has 13 nitrogen and oxygen atoms in total. The van der Waals surface area contributed by atoms with Crippen molar-refractivity contribution in [2.45, 2.75) is 58.8 Å². The molecule has 41 heavy (non-hydrogen) atoms. The van der Waals surface area contributed by atoms with Gasteiger partial charge in [-0.1, -0.05) is 56.3 Å². The normalized spacial score (nSPS) is 13.7. The molecule has 3 amide bonds. The van der Waals surface area contributed by atoms with Gasteiger partial charge < -0.3 is 30.1 Å². The van der Waals surface area contributed by atoms with Crippen molar-refractivity contribution >= 4 is 29.4 Å². The van der Waals surface area contributed by atoms with E-state index in [1.54, 1.807) is 39.1 Å². The van der Waals surface area contributed by atoms with Gasteiger partial charge in [0.15, 0.2) is 0 Å². The lowest BCUT2D eigenvalue weighted by Gasteiger charge is -2.34. The first kappa shape index (κ1) is 31.5. The van der Waals surface area contributed by atoms with Gasteiger partial charge in [-0.2, -0.15) is 0 Å². The fraction of sp³-hybridized carbons (Fsp3) is 0.444. The molecule has 2 heterocycles. The average Bonchev–Trinajstić information content (AvgIpc) is 3.55. The van der Waals surface area contributed by atoms with E-state index in [0.717, 1.165) is 5.56 Å². The molecule has 5 N–H and O–H groups in total. The maximum Gasteiger partial charge on any atom is 0.407 e. The fourth-order valence-corrected chi connectivity index (χ4v) is 4.81. The van der Waals surface area contributed by atoms with E-state index in [1.165, 1.54) is 23.5 Å². The number of carbonyl (C=O) groups excluding carboxylic acids is 2. The van der Waals surface area contributed by atoms with Gasteiger partial charge in [-0.25, -0.2) is 19.6 Å². The molecule has 0 saturated heterocycles. The Morgan fingerprint density at radius 2 is 1.88 bits per heavy atom. The van der Waals surface area contributed by atoms with Crippen molar-refractivity contribution in [2.24, 2.45) is 5.41 Å². The van der Waals surface area contributed by atoms with E-state index in [9.17, 15) is 24.6 Å². The summed E-state index contributed by atoms with van der Waals surface area (Å²) < 4.78 is 9.83. The first-order valence-electron chi connectivity index (χ1n) is 12.8. The summed E-state index contributed by atoms with van der Waals surface area (Å²) in [6.45, 7) is 7.03. The zero-order valence-corrected chi connectivity index (χ0v) is 24.4. The molecule has 0 unspecified atom stereocenters. The summed E-state index contributed by atoms with van der Waals surface area (Å²) in [4.78, 5) is 41.6. The van der Waals surface area contributed by atoms with Crippen LogP contribution in [0.4, 0.5) is 9.59 Å². The molecular weight excluding hydrogens is 552 g/mol. The van der Waals surface area contributed by atoms with Crippen molar-refractivity contribution in [3.63, 3.8) is 0 Å². The van der Waals surface area contributed by atoms with Gasteiger partial charge in [0.25, 0.3) is 5.91 Å². The van der Waals surface area contributed by atoms with Gasteiger partial charge in [0.2, 0.25) is 0 Å². The summed E-state index contributed by atoms with van der Waals surface area (Å²) >= 11 is 1.34. The van der Waals surface area contributed by atoms with Gasteiger partial charge >= 0.3 is 12.2 Å². The van der Waals surface area contributed by atoms with Crippen LogP contribution in [0.1, 0.15) is 37.8 Å². The molecule has 0 aliphatic heterocycles. The molecule has 0 saturated carbocycles. The van der Waals surface area contributed by atoms with Gasteiger partial charge in [-0.05, 0) is 24.3 Å². The molecule has 0 fully saturated rings. The van der Waals surface area contributed by atoms with Crippen LogP contribution in [0.2, 0.25) is 0 Å². The average molecular weight is 589 g/mol. The van der Waals surface area contributed by atoms with Crippen molar-refractivity contribution in [1.29, 1.82) is 0 Å². The molecule has 14 heteroatoms. The van der Waals surface area contributed by atoms with E-state index in [2.05, 4.69) is 26.2 Å². The standard InChI is InChI=1S/C27H36N6O7S/c1-16-11-20(32-40-16)24-28-18(15-41-24)13-33(31-23(35)22(27(2,3)4)30-26(38)39-5)14-21(34)19(29-25(36)37)12-17-9-7-6-8-10-17/h6-11,15,19,21-22,29,34H,12-14H2,1-5H3,(H,30,38)(H,31,35)(H,36,37)/t19-,21+,22+/m0/s1. The van der Waals surface area contributed by atoms with Crippen LogP contribution in [0, 0.1) is 12.3 Å². The molecule has 3 aromatic rings. The number of alkyl carbamates (subject to hydrolysis) is 1. The lowest BCUT2D eigenvalue weighted by Crippen LogP contribution is -2.59. The second kappa shape index (κ2) is 14.1. The maximum absolute atomic E-state index is 13.4. The first-order chi connectivity index (χ1) is 19.3. The monoisotopic (exact) mass is 588 g/mol. The number of aromatic nitrogens is 2. The molecular formula is C27H36N6O7S. The number of hydrogen-bond acceptors (Lipinski definition) is 10. The number of carbonyl (C=O) groups is 3. The van der Waals surface area contributed by atoms with Crippen molar-refractivity contribution < 1.29 is 33.9 Å². The van der Waals surface area contributed by atoms with E-state index in [1.807, 2.05) is 30.3 Å². The van der Waals surface area contributed by atoms with Gasteiger partial charge in [-0.15, -0.1) is 11.3 Å². The Bertz CT molecular complexity index is 1310. The van der Waals surface area contributed by atoms with E-state index >= 15 is 0 Å². The number of aliphatic hydroxyl groups is 1. The van der Waals surface area contributed by atoms with Crippen molar-refractivity contribution in [3.8, 4) is 10.7 Å². The Hall–Kier alpha value is -4.01. The highest BCUT2D eigenvalue weighted by molar-refractivity contribution is 7.13. The summed E-state index contributed by atoms with van der Waals surface area (Å²) in [6, 6.07) is 9.03. The molecule has 0 radical (unpaired) electrons. The van der Waals surface area contributed by atoms with Crippen LogP contribution < -0.4 is 16.1 Å². The number of benzene rings is 1. The minimum atomic E-state index is -1.29. The second-order valence-corrected chi connectivity index (χ2v) is 11.4. The molecule has 2 aromatic heterocycles. The molecule has 3 rings (SSSR count). The number of rotatable bonds is 12. The van der Waals surface area contributed by atoms with Crippen molar-refractivity contribution in [1.82, 2.24) is 31.2 Å². The van der Waals surface area contributed by atoms with Crippen LogP contribution in [-0.2, 0) is 22.5 Å². The third kappa shape index (κ3) is 9.55. The van der Waals surface area contributed by atoms with Crippen LogP contribution in [0.3, 0.4) is 0 Å². The number of aryl methyl sites for hydroxylation is 1. The predicted octanol–water partition coefficient (Wildman–Crippen LogP) is 2.95. The Morgan fingerprint density at radius 3 is 2.46 bits per heavy atom. The fourth-order valence-electron chi connectivity index (χ4n) is 4.05. The zero-order chi connectivity index (χ0) is 30.2. The van der Waals surface area contributed by atoms with Crippen LogP contribution >= 0.6 is 11.3 Å².